The Morgan fingerprint density at radius 2 is 2.31 bits per heavy atom. The number of nitrogens with one attached hydrogen (secondary N) is 2. The van der Waals surface area contributed by atoms with E-state index in [1.807, 2.05) is 0 Å². The van der Waals surface area contributed by atoms with Gasteiger partial charge in [-0.25, -0.2) is 19.6 Å². The van der Waals surface area contributed by atoms with Gasteiger partial charge in [-0.05, 0) is 12.1 Å². The number of pyridine rings is 1. The minimum atomic E-state index is -0.593. The third-order valence-corrected chi connectivity index (χ3v) is 1.94. The summed E-state index contributed by atoms with van der Waals surface area (Å²) < 4.78 is 1.24. The zero-order valence-electron chi connectivity index (χ0n) is 8.47. The molecule has 1 amide bonds. The molecular weight excluding hydrogens is 210 g/mol. The molecule has 0 atom stereocenters. The van der Waals surface area contributed by atoms with Crippen molar-refractivity contribution in [1.29, 1.82) is 0 Å². The van der Waals surface area contributed by atoms with Crippen molar-refractivity contribution in [2.75, 3.05) is 7.05 Å². The van der Waals surface area contributed by atoms with Gasteiger partial charge in [-0.1, -0.05) is 6.07 Å². The lowest BCUT2D eigenvalue weighted by atomic mass is 10.4. The van der Waals surface area contributed by atoms with E-state index in [2.05, 4.69) is 20.4 Å². The first-order valence-electron chi connectivity index (χ1n) is 4.55. The second-order valence-electron chi connectivity index (χ2n) is 2.95. The highest BCUT2D eigenvalue weighted by Gasteiger charge is 2.15. The number of carbonyl (C=O) groups excluding carboxylic acids is 1. The van der Waals surface area contributed by atoms with Crippen LogP contribution in [0.1, 0.15) is 10.6 Å². The fraction of sp³-hybridized carbons (Fsp3) is 0.111. The maximum atomic E-state index is 11.4. The molecule has 0 unspecified atom stereocenters. The Balaban J connectivity index is 2.57. The van der Waals surface area contributed by atoms with Gasteiger partial charge in [0.1, 0.15) is 0 Å². The topological polar surface area (TPSA) is 92.7 Å². The van der Waals surface area contributed by atoms with Crippen LogP contribution in [0.4, 0.5) is 0 Å². The summed E-state index contributed by atoms with van der Waals surface area (Å²) in [4.78, 5) is 30.1. The predicted molar refractivity (Wildman–Crippen MR) is 55.4 cm³/mol. The lowest BCUT2D eigenvalue weighted by molar-refractivity contribution is 0.0950. The lowest BCUT2D eigenvalue weighted by Crippen LogP contribution is -2.23. The molecule has 0 aliphatic rings. The summed E-state index contributed by atoms with van der Waals surface area (Å²) in [5.74, 6) is -0.0501. The number of hydrogen-bond acceptors (Lipinski definition) is 4. The number of aromatic nitrogens is 4. The van der Waals surface area contributed by atoms with Crippen molar-refractivity contribution < 1.29 is 4.79 Å². The second-order valence-corrected chi connectivity index (χ2v) is 2.95. The normalized spacial score (nSPS) is 10.1. The van der Waals surface area contributed by atoms with Gasteiger partial charge in [-0.15, -0.1) is 0 Å². The maximum Gasteiger partial charge on any atom is 0.362 e. The van der Waals surface area contributed by atoms with Crippen LogP contribution in [-0.4, -0.2) is 32.7 Å². The molecule has 2 rings (SSSR count). The number of aromatic amines is 1. The first-order chi connectivity index (χ1) is 7.72. The van der Waals surface area contributed by atoms with Crippen LogP contribution in [0.25, 0.3) is 5.82 Å². The average Bonchev–Trinajstić information content (AvgIpc) is 2.71. The standard InChI is InChI=1S/C9H9N5O2/c1-10-8(15)7-12-9(16)13-14(7)6-4-2-3-5-11-6/h2-5H,1H3,(H,10,15)(H,13,16). The van der Waals surface area contributed by atoms with Crippen LogP contribution in [0, 0.1) is 0 Å². The summed E-state index contributed by atoms with van der Waals surface area (Å²) in [6, 6.07) is 5.14. The van der Waals surface area contributed by atoms with E-state index in [4.69, 9.17) is 0 Å². The van der Waals surface area contributed by atoms with E-state index < -0.39 is 11.6 Å². The van der Waals surface area contributed by atoms with Gasteiger partial charge in [-0.3, -0.25) is 4.79 Å². The lowest BCUT2D eigenvalue weighted by Gasteiger charge is -2.03. The first-order valence-corrected chi connectivity index (χ1v) is 4.55. The summed E-state index contributed by atoms with van der Waals surface area (Å²) >= 11 is 0. The molecule has 0 bridgehead atoms. The maximum absolute atomic E-state index is 11.4. The van der Waals surface area contributed by atoms with Crippen LogP contribution in [0.2, 0.25) is 0 Å². The fourth-order valence-electron chi connectivity index (χ4n) is 1.24. The number of H-pyrrole nitrogens is 1. The number of amides is 1. The van der Waals surface area contributed by atoms with Gasteiger partial charge < -0.3 is 5.32 Å². The van der Waals surface area contributed by atoms with Crippen LogP contribution in [0.3, 0.4) is 0 Å². The SMILES string of the molecule is CNC(=O)c1nc(=O)[nH]n1-c1ccccn1. The van der Waals surface area contributed by atoms with Gasteiger partial charge in [-0.2, -0.15) is 4.98 Å². The van der Waals surface area contributed by atoms with E-state index in [0.717, 1.165) is 0 Å². The zero-order valence-corrected chi connectivity index (χ0v) is 8.47. The van der Waals surface area contributed by atoms with Crippen molar-refractivity contribution in [3.63, 3.8) is 0 Å². The molecular formula is C9H9N5O2. The average molecular weight is 219 g/mol. The Bertz CT molecular complexity index is 557. The number of carbonyl (C=O) groups is 1. The molecule has 0 fully saturated rings. The third kappa shape index (κ3) is 1.70. The minimum Gasteiger partial charge on any atom is -0.352 e. The quantitative estimate of drug-likeness (QED) is 0.699. The van der Waals surface area contributed by atoms with Gasteiger partial charge in [0, 0.05) is 13.2 Å². The van der Waals surface area contributed by atoms with E-state index in [9.17, 15) is 9.59 Å². The molecule has 2 N–H and O–H groups in total. The smallest absolute Gasteiger partial charge is 0.352 e. The van der Waals surface area contributed by atoms with Crippen LogP contribution in [0.15, 0.2) is 29.2 Å². The van der Waals surface area contributed by atoms with E-state index in [1.165, 1.54) is 11.7 Å². The molecule has 0 aliphatic heterocycles. The molecule has 0 radical (unpaired) electrons. The molecule has 0 spiro atoms. The molecule has 0 aliphatic carbocycles. The monoisotopic (exact) mass is 219 g/mol. The van der Waals surface area contributed by atoms with Crippen LogP contribution >= 0.6 is 0 Å². The molecule has 2 heterocycles. The summed E-state index contributed by atoms with van der Waals surface area (Å²) in [6.45, 7) is 0. The molecule has 2 aromatic heterocycles. The van der Waals surface area contributed by atoms with Crippen molar-refractivity contribution in [2.24, 2.45) is 0 Å². The Morgan fingerprint density at radius 1 is 1.50 bits per heavy atom. The molecule has 16 heavy (non-hydrogen) atoms. The largest absolute Gasteiger partial charge is 0.362 e. The predicted octanol–water partition coefficient (Wildman–Crippen LogP) is -0.685. The van der Waals surface area contributed by atoms with E-state index in [1.54, 1.807) is 24.4 Å². The van der Waals surface area contributed by atoms with Gasteiger partial charge in [0.25, 0.3) is 5.91 Å². The summed E-state index contributed by atoms with van der Waals surface area (Å²) in [7, 11) is 1.46. The molecule has 7 heteroatoms. The van der Waals surface area contributed by atoms with Gasteiger partial charge in [0.05, 0.1) is 0 Å². The van der Waals surface area contributed by atoms with Crippen molar-refractivity contribution in [1.82, 2.24) is 25.1 Å². The van der Waals surface area contributed by atoms with Gasteiger partial charge >= 0.3 is 5.69 Å². The van der Waals surface area contributed by atoms with Crippen LogP contribution in [-0.2, 0) is 0 Å². The Morgan fingerprint density at radius 3 is 2.94 bits per heavy atom. The molecule has 7 nitrogen and oxygen atoms in total. The van der Waals surface area contributed by atoms with Crippen molar-refractivity contribution in [3.8, 4) is 5.82 Å². The summed E-state index contributed by atoms with van der Waals surface area (Å²) in [6.07, 6.45) is 1.56. The second kappa shape index (κ2) is 3.97. The highest BCUT2D eigenvalue weighted by molar-refractivity contribution is 5.90. The van der Waals surface area contributed by atoms with E-state index >= 15 is 0 Å². The third-order valence-electron chi connectivity index (χ3n) is 1.94. The van der Waals surface area contributed by atoms with Crippen molar-refractivity contribution >= 4 is 5.91 Å². The summed E-state index contributed by atoms with van der Waals surface area (Å²) in [5.41, 5.74) is -0.593. The highest BCUT2D eigenvalue weighted by atomic mass is 16.2. The molecule has 0 saturated carbocycles. The number of hydrogen-bond donors (Lipinski definition) is 2. The molecule has 82 valence electrons. The molecule has 2 aromatic rings. The Kier molecular flexibility index (Phi) is 2.50. The Labute approximate surface area is 90.1 Å². The van der Waals surface area contributed by atoms with Gasteiger partial charge in [0.2, 0.25) is 5.82 Å². The Hall–Kier alpha value is -2.44. The van der Waals surface area contributed by atoms with Crippen molar-refractivity contribution in [2.45, 2.75) is 0 Å². The van der Waals surface area contributed by atoms with Crippen LogP contribution in [0.5, 0.6) is 0 Å². The van der Waals surface area contributed by atoms with E-state index in [-0.39, 0.29) is 5.82 Å². The zero-order chi connectivity index (χ0) is 11.5. The van der Waals surface area contributed by atoms with Crippen molar-refractivity contribution in [3.05, 3.63) is 40.7 Å². The van der Waals surface area contributed by atoms with Gasteiger partial charge in [0.15, 0.2) is 5.82 Å². The number of rotatable bonds is 2. The number of nitrogens with zero attached hydrogens (tertiary/aromatic N) is 3. The molecule has 0 saturated heterocycles. The molecule has 0 aromatic carbocycles. The minimum absolute atomic E-state index is 0.0220. The summed E-state index contributed by atoms with van der Waals surface area (Å²) in [5, 5.41) is 4.80. The highest BCUT2D eigenvalue weighted by Crippen LogP contribution is 2.02. The fourth-order valence-corrected chi connectivity index (χ4v) is 1.24. The van der Waals surface area contributed by atoms with Crippen LogP contribution < -0.4 is 11.0 Å². The first kappa shape index (κ1) is 10.1. The van der Waals surface area contributed by atoms with E-state index in [0.29, 0.717) is 5.82 Å².